The van der Waals surface area contributed by atoms with Crippen molar-refractivity contribution in [1.29, 1.82) is 0 Å². The van der Waals surface area contributed by atoms with E-state index in [0.29, 0.717) is 15.1 Å². The number of hydrogen-bond acceptors (Lipinski definition) is 1. The predicted octanol–water partition coefficient (Wildman–Crippen LogP) is 6.95. The minimum absolute atomic E-state index is 0.0215. The minimum atomic E-state index is -0.382. The molecular weight excluding hydrogens is 429 g/mol. The van der Waals surface area contributed by atoms with Gasteiger partial charge in [0.2, 0.25) is 0 Å². The Bertz CT molecular complexity index is 714. The van der Waals surface area contributed by atoms with Crippen LogP contribution in [0.5, 0.6) is 0 Å². The highest BCUT2D eigenvalue weighted by atomic mass is 79.9. The third-order valence-electron chi connectivity index (χ3n) is 2.52. The minimum Gasteiger partial charge on any atom is -0.288 e. The summed E-state index contributed by atoms with van der Waals surface area (Å²) in [5.41, 5.74) is 0.446. The van der Waals surface area contributed by atoms with Gasteiger partial charge in [0.05, 0.1) is 30.7 Å². The van der Waals surface area contributed by atoms with Gasteiger partial charge in [0.15, 0.2) is 5.78 Å². The molecule has 0 saturated carbocycles. The molecule has 0 heterocycles. The summed E-state index contributed by atoms with van der Waals surface area (Å²) >= 11 is 33.1. The van der Waals surface area contributed by atoms with Crippen molar-refractivity contribution in [2.45, 2.75) is 0 Å². The number of carbonyl (C=O) groups is 1. The van der Waals surface area contributed by atoms with Gasteiger partial charge in [0.1, 0.15) is 0 Å². The quantitative estimate of drug-likeness (QED) is 0.285. The molecule has 2 rings (SSSR count). The first-order valence-corrected chi connectivity index (χ1v) is 7.84. The summed E-state index contributed by atoms with van der Waals surface area (Å²) in [5, 5.41) is 0.834. The molecule has 0 aliphatic rings. The number of hydrogen-bond donors (Lipinski definition) is 0. The van der Waals surface area contributed by atoms with Gasteiger partial charge in [0.25, 0.3) is 0 Å². The van der Waals surface area contributed by atoms with Crippen molar-refractivity contribution in [3.8, 4) is 0 Å². The monoisotopic (exact) mass is 430 g/mol. The molecule has 0 aromatic heterocycles. The van der Waals surface area contributed by atoms with Gasteiger partial charge < -0.3 is 0 Å². The third kappa shape index (κ3) is 3.11. The zero-order chi connectivity index (χ0) is 15.0. The molecule has 2 aromatic rings. The van der Waals surface area contributed by atoms with Gasteiger partial charge in [-0.25, -0.2) is 0 Å². The van der Waals surface area contributed by atoms with Crippen LogP contribution in [0.4, 0.5) is 0 Å². The van der Waals surface area contributed by atoms with Gasteiger partial charge in [-0.1, -0.05) is 58.0 Å². The molecule has 0 fully saturated rings. The normalized spacial score (nSPS) is 10.7. The van der Waals surface area contributed by atoms with E-state index in [0.717, 1.165) is 0 Å². The van der Waals surface area contributed by atoms with Crippen LogP contribution in [-0.2, 0) is 0 Å². The Labute approximate surface area is 148 Å². The molecule has 104 valence electrons. The first kappa shape index (κ1) is 16.4. The molecule has 0 unspecified atom stereocenters. The fourth-order valence-corrected chi connectivity index (χ4v) is 3.07. The highest BCUT2D eigenvalue weighted by molar-refractivity contribution is 9.10. The molecule has 20 heavy (non-hydrogen) atoms. The SMILES string of the molecule is O=C(c1ccc(Br)c(Cl)c1)c1c(Cl)cc(Cl)c(Cl)c1Cl. The van der Waals surface area contributed by atoms with Crippen LogP contribution in [0.25, 0.3) is 0 Å². The topological polar surface area (TPSA) is 17.1 Å². The molecule has 0 amide bonds. The van der Waals surface area contributed by atoms with E-state index in [2.05, 4.69) is 15.9 Å². The summed E-state index contributed by atoms with van der Waals surface area (Å²) in [7, 11) is 0. The van der Waals surface area contributed by atoms with E-state index in [1.807, 2.05) is 0 Å². The molecule has 1 nitrogen and oxygen atoms in total. The summed E-state index contributed by atoms with van der Waals surface area (Å²) < 4.78 is 0.682. The van der Waals surface area contributed by atoms with E-state index in [1.54, 1.807) is 12.1 Å². The van der Waals surface area contributed by atoms with Crippen molar-refractivity contribution in [2.24, 2.45) is 0 Å². The Hall–Kier alpha value is 0.0400. The van der Waals surface area contributed by atoms with Gasteiger partial charge >= 0.3 is 0 Å². The van der Waals surface area contributed by atoms with Crippen LogP contribution in [0, 0.1) is 0 Å². The van der Waals surface area contributed by atoms with Crippen molar-refractivity contribution in [2.75, 3.05) is 0 Å². The zero-order valence-electron chi connectivity index (χ0n) is 9.49. The largest absolute Gasteiger partial charge is 0.288 e. The predicted molar refractivity (Wildman–Crippen MR) is 89.1 cm³/mol. The van der Waals surface area contributed by atoms with Gasteiger partial charge in [-0.15, -0.1) is 0 Å². The van der Waals surface area contributed by atoms with E-state index >= 15 is 0 Å². The van der Waals surface area contributed by atoms with Gasteiger partial charge in [-0.2, -0.15) is 0 Å². The molecule has 7 heteroatoms. The summed E-state index contributed by atoms with van der Waals surface area (Å²) in [4.78, 5) is 12.5. The second-order valence-corrected chi connectivity index (χ2v) is 6.63. The highest BCUT2D eigenvalue weighted by Gasteiger charge is 2.21. The van der Waals surface area contributed by atoms with Crippen LogP contribution in [0.1, 0.15) is 15.9 Å². The van der Waals surface area contributed by atoms with Crippen LogP contribution in [0.2, 0.25) is 25.1 Å². The molecule has 0 radical (unpaired) electrons. The summed E-state index contributed by atoms with van der Waals surface area (Å²) in [6.45, 7) is 0. The van der Waals surface area contributed by atoms with Crippen molar-refractivity contribution in [3.63, 3.8) is 0 Å². The van der Waals surface area contributed by atoms with Gasteiger partial charge in [-0.3, -0.25) is 4.79 Å². The number of rotatable bonds is 2. The average molecular weight is 433 g/mol. The Morgan fingerprint density at radius 2 is 1.50 bits per heavy atom. The summed E-state index contributed by atoms with van der Waals surface area (Å²) in [6, 6.07) is 6.16. The number of halogens is 6. The Morgan fingerprint density at radius 1 is 0.850 bits per heavy atom. The lowest BCUT2D eigenvalue weighted by Crippen LogP contribution is -2.04. The fraction of sp³-hybridized carbons (Fsp3) is 0. The Balaban J connectivity index is 2.59. The highest BCUT2D eigenvalue weighted by Crippen LogP contribution is 2.38. The van der Waals surface area contributed by atoms with E-state index in [-0.39, 0.29) is 31.4 Å². The van der Waals surface area contributed by atoms with Crippen molar-refractivity contribution in [1.82, 2.24) is 0 Å². The number of carbonyl (C=O) groups excluding carboxylic acids is 1. The van der Waals surface area contributed by atoms with E-state index in [9.17, 15) is 4.79 Å². The van der Waals surface area contributed by atoms with Crippen LogP contribution < -0.4 is 0 Å². The lowest BCUT2D eigenvalue weighted by molar-refractivity contribution is 0.103. The second-order valence-electron chi connectivity index (χ2n) is 3.80. The van der Waals surface area contributed by atoms with E-state index in [1.165, 1.54) is 12.1 Å². The third-order valence-corrected chi connectivity index (χ3v) is 5.32. The van der Waals surface area contributed by atoms with Crippen molar-refractivity contribution >= 4 is 79.7 Å². The Kier molecular flexibility index (Phi) is 5.28. The van der Waals surface area contributed by atoms with Crippen LogP contribution in [0.15, 0.2) is 28.7 Å². The van der Waals surface area contributed by atoms with Crippen LogP contribution in [0.3, 0.4) is 0 Å². The first-order valence-electron chi connectivity index (χ1n) is 5.15. The maximum absolute atomic E-state index is 12.5. The molecule has 0 N–H and O–H groups in total. The lowest BCUT2D eigenvalue weighted by Gasteiger charge is -2.10. The molecular formula is C13H4BrCl5O. The molecule has 0 aliphatic carbocycles. The van der Waals surface area contributed by atoms with Crippen molar-refractivity contribution < 1.29 is 4.79 Å². The average Bonchev–Trinajstić information content (AvgIpc) is 2.39. The number of benzene rings is 2. The van der Waals surface area contributed by atoms with E-state index in [4.69, 9.17) is 58.0 Å². The van der Waals surface area contributed by atoms with Crippen LogP contribution >= 0.6 is 73.9 Å². The standard InChI is InChI=1S/C13H4BrCl5O/c14-6-2-1-5(3-7(6)15)13(20)10-8(16)4-9(17)11(18)12(10)19/h1-4H. The van der Waals surface area contributed by atoms with E-state index < -0.39 is 0 Å². The molecule has 0 saturated heterocycles. The maximum atomic E-state index is 12.5. The molecule has 2 aromatic carbocycles. The van der Waals surface area contributed by atoms with Gasteiger partial charge in [0, 0.05) is 10.0 Å². The molecule has 0 spiro atoms. The maximum Gasteiger partial charge on any atom is 0.196 e. The number of ketones is 1. The fourth-order valence-electron chi connectivity index (χ4n) is 1.56. The van der Waals surface area contributed by atoms with Crippen molar-refractivity contribution in [3.05, 3.63) is 65.0 Å². The second kappa shape index (κ2) is 6.43. The zero-order valence-corrected chi connectivity index (χ0v) is 14.9. The molecule has 0 aliphatic heterocycles. The smallest absolute Gasteiger partial charge is 0.196 e. The molecule has 0 atom stereocenters. The summed E-state index contributed by atoms with van der Waals surface area (Å²) in [6.07, 6.45) is 0. The lowest BCUT2D eigenvalue weighted by atomic mass is 10.0. The Morgan fingerprint density at radius 3 is 2.10 bits per heavy atom. The summed E-state index contributed by atoms with van der Waals surface area (Å²) in [5.74, 6) is -0.382. The van der Waals surface area contributed by atoms with Crippen LogP contribution in [-0.4, -0.2) is 5.78 Å². The first-order chi connectivity index (χ1) is 9.32. The molecule has 0 bridgehead atoms. The van der Waals surface area contributed by atoms with Gasteiger partial charge in [-0.05, 0) is 40.2 Å².